The van der Waals surface area contributed by atoms with Gasteiger partial charge in [0.05, 0.1) is 9.88 Å². The Morgan fingerprint density at radius 3 is 2.27 bits per heavy atom. The summed E-state index contributed by atoms with van der Waals surface area (Å²) in [7, 11) is 3.53. The summed E-state index contributed by atoms with van der Waals surface area (Å²) in [6.45, 7) is 8.63. The van der Waals surface area contributed by atoms with E-state index in [1.165, 1.54) is 11.3 Å². The molecule has 1 saturated heterocycles. The molecule has 0 aliphatic carbocycles. The lowest BCUT2D eigenvalue weighted by Crippen LogP contribution is -2.42. The number of thiophene rings is 1. The highest BCUT2D eigenvalue weighted by Crippen LogP contribution is 2.30. The normalized spacial score (nSPS) is 15.7. The van der Waals surface area contributed by atoms with Crippen molar-refractivity contribution in [2.45, 2.75) is 40.5 Å². The molecule has 1 N–H and O–H groups in total. The van der Waals surface area contributed by atoms with Gasteiger partial charge in [-0.3, -0.25) is 14.4 Å². The quantitative estimate of drug-likeness (QED) is 0.878. The highest BCUT2D eigenvalue weighted by Gasteiger charge is 2.30. The second-order valence-corrected chi connectivity index (χ2v) is 9.18. The van der Waals surface area contributed by atoms with Crippen molar-refractivity contribution < 1.29 is 14.4 Å². The maximum absolute atomic E-state index is 12.9. The molecule has 1 aliphatic heterocycles. The van der Waals surface area contributed by atoms with Gasteiger partial charge in [0.15, 0.2) is 0 Å². The molecular weight excluding hydrogens is 350 g/mol. The van der Waals surface area contributed by atoms with Crippen molar-refractivity contribution >= 4 is 34.1 Å². The summed E-state index contributed by atoms with van der Waals surface area (Å²) < 4.78 is 0. The molecule has 26 heavy (non-hydrogen) atoms. The van der Waals surface area contributed by atoms with Crippen LogP contribution in [0.1, 0.15) is 48.8 Å². The lowest BCUT2D eigenvalue weighted by molar-refractivity contribution is -0.134. The van der Waals surface area contributed by atoms with Crippen LogP contribution in [-0.4, -0.2) is 54.7 Å². The molecule has 0 bridgehead atoms. The van der Waals surface area contributed by atoms with E-state index in [0.717, 1.165) is 5.56 Å². The van der Waals surface area contributed by atoms with Gasteiger partial charge < -0.3 is 15.1 Å². The number of nitrogens with one attached hydrogen (secondary N) is 1. The minimum Gasteiger partial charge on any atom is -0.349 e. The number of anilines is 1. The molecule has 0 saturated carbocycles. The van der Waals surface area contributed by atoms with Gasteiger partial charge in [0.25, 0.3) is 5.91 Å². The minimum atomic E-state index is -0.483. The predicted molar refractivity (Wildman–Crippen MR) is 104 cm³/mol. The lowest BCUT2D eigenvalue weighted by Gasteiger charge is -2.32. The van der Waals surface area contributed by atoms with Crippen LogP contribution in [0.15, 0.2) is 6.07 Å². The van der Waals surface area contributed by atoms with Gasteiger partial charge >= 0.3 is 0 Å². The smallest absolute Gasteiger partial charge is 0.264 e. The maximum atomic E-state index is 12.9. The van der Waals surface area contributed by atoms with Crippen molar-refractivity contribution in [3.8, 4) is 0 Å². The third kappa shape index (κ3) is 4.63. The van der Waals surface area contributed by atoms with Crippen LogP contribution >= 0.6 is 11.3 Å². The van der Waals surface area contributed by atoms with Gasteiger partial charge in [0.2, 0.25) is 11.8 Å². The van der Waals surface area contributed by atoms with E-state index in [1.54, 1.807) is 19.0 Å². The minimum absolute atomic E-state index is 0.000109. The monoisotopic (exact) mass is 379 g/mol. The van der Waals surface area contributed by atoms with Crippen molar-refractivity contribution in [1.82, 2.24) is 9.80 Å². The number of carbonyl (C=O) groups excluding carboxylic acids is 3. The molecule has 0 spiro atoms. The number of hydrogen-bond acceptors (Lipinski definition) is 4. The van der Waals surface area contributed by atoms with Crippen LogP contribution in [0.5, 0.6) is 0 Å². The fourth-order valence-corrected chi connectivity index (χ4v) is 3.93. The molecule has 3 amide bonds. The van der Waals surface area contributed by atoms with Crippen LogP contribution in [0, 0.1) is 18.3 Å². The van der Waals surface area contributed by atoms with E-state index >= 15 is 0 Å². The largest absolute Gasteiger partial charge is 0.349 e. The molecular formula is C19H29N3O3S. The molecule has 6 nitrogen and oxygen atoms in total. The Hall–Kier alpha value is -1.89. The van der Waals surface area contributed by atoms with Gasteiger partial charge in [-0.1, -0.05) is 20.8 Å². The Labute approximate surface area is 159 Å². The average Bonchev–Trinajstić information content (AvgIpc) is 2.93. The van der Waals surface area contributed by atoms with E-state index in [2.05, 4.69) is 5.32 Å². The summed E-state index contributed by atoms with van der Waals surface area (Å²) in [5.41, 5.74) is 0.388. The first-order valence-electron chi connectivity index (χ1n) is 8.93. The highest BCUT2D eigenvalue weighted by molar-refractivity contribution is 7.18. The zero-order chi connectivity index (χ0) is 19.6. The second-order valence-electron chi connectivity index (χ2n) is 8.13. The third-order valence-corrected chi connectivity index (χ3v) is 5.74. The van der Waals surface area contributed by atoms with Gasteiger partial charge in [-0.2, -0.15) is 0 Å². The standard InChI is InChI=1S/C19H29N3O3S/c1-12-11-14(20-18(25)19(2,3)4)26-15(12)17(24)22-9-7-13(8-10-22)16(23)21(5)6/h11,13H,7-10H2,1-6H3,(H,20,25). The summed E-state index contributed by atoms with van der Waals surface area (Å²) >= 11 is 1.32. The molecule has 0 atom stereocenters. The van der Waals surface area contributed by atoms with Gasteiger partial charge in [-0.25, -0.2) is 0 Å². The van der Waals surface area contributed by atoms with Crippen LogP contribution in [-0.2, 0) is 9.59 Å². The summed E-state index contributed by atoms with van der Waals surface area (Å²) in [4.78, 5) is 41.2. The fourth-order valence-electron chi connectivity index (χ4n) is 2.89. The summed E-state index contributed by atoms with van der Waals surface area (Å²) in [6.07, 6.45) is 1.39. The number of amides is 3. The van der Waals surface area contributed by atoms with Crippen molar-refractivity contribution in [2.75, 3.05) is 32.5 Å². The number of nitrogens with zero attached hydrogens (tertiary/aromatic N) is 2. The molecule has 1 aromatic heterocycles. The molecule has 1 aliphatic rings. The summed E-state index contributed by atoms with van der Waals surface area (Å²) in [5, 5.41) is 3.59. The first-order valence-corrected chi connectivity index (χ1v) is 9.74. The SMILES string of the molecule is Cc1cc(NC(=O)C(C)(C)C)sc1C(=O)N1CCC(C(=O)N(C)C)CC1. The Balaban J connectivity index is 2.03. The maximum Gasteiger partial charge on any atom is 0.264 e. The number of hydrogen-bond donors (Lipinski definition) is 1. The van der Waals surface area contributed by atoms with E-state index in [1.807, 2.05) is 38.7 Å². The molecule has 2 heterocycles. The molecule has 0 radical (unpaired) electrons. The summed E-state index contributed by atoms with van der Waals surface area (Å²) in [5.74, 6) is 0.0528. The van der Waals surface area contributed by atoms with Crippen molar-refractivity contribution in [3.05, 3.63) is 16.5 Å². The van der Waals surface area contributed by atoms with E-state index in [9.17, 15) is 14.4 Å². The number of likely N-dealkylation sites (tertiary alicyclic amines) is 1. The van der Waals surface area contributed by atoms with E-state index in [4.69, 9.17) is 0 Å². The van der Waals surface area contributed by atoms with Gasteiger partial charge in [-0.05, 0) is 31.4 Å². The number of aryl methyl sites for hydroxylation is 1. The zero-order valence-corrected chi connectivity index (χ0v) is 17.3. The third-order valence-electron chi connectivity index (χ3n) is 4.60. The van der Waals surface area contributed by atoms with Crippen LogP contribution < -0.4 is 5.32 Å². The van der Waals surface area contributed by atoms with Crippen LogP contribution in [0.4, 0.5) is 5.00 Å². The molecule has 1 fully saturated rings. The Bertz CT molecular complexity index is 695. The van der Waals surface area contributed by atoms with Crippen LogP contribution in [0.25, 0.3) is 0 Å². The van der Waals surface area contributed by atoms with E-state index in [-0.39, 0.29) is 23.6 Å². The molecule has 144 valence electrons. The van der Waals surface area contributed by atoms with Gasteiger partial charge in [0, 0.05) is 38.5 Å². The van der Waals surface area contributed by atoms with Crippen LogP contribution in [0.2, 0.25) is 0 Å². The molecule has 0 unspecified atom stereocenters. The topological polar surface area (TPSA) is 69.7 Å². The Morgan fingerprint density at radius 2 is 1.77 bits per heavy atom. The number of carbonyl (C=O) groups is 3. The predicted octanol–water partition coefficient (Wildman–Crippen LogP) is 2.98. The van der Waals surface area contributed by atoms with E-state index in [0.29, 0.717) is 35.8 Å². The molecule has 1 aromatic rings. The van der Waals surface area contributed by atoms with Crippen molar-refractivity contribution in [1.29, 1.82) is 0 Å². The zero-order valence-electron chi connectivity index (χ0n) is 16.5. The van der Waals surface area contributed by atoms with Gasteiger partial charge in [-0.15, -0.1) is 11.3 Å². The van der Waals surface area contributed by atoms with Crippen molar-refractivity contribution in [3.63, 3.8) is 0 Å². The average molecular weight is 380 g/mol. The summed E-state index contributed by atoms with van der Waals surface area (Å²) in [6, 6.07) is 1.85. The van der Waals surface area contributed by atoms with Gasteiger partial charge in [0.1, 0.15) is 0 Å². The Kier molecular flexibility index (Phi) is 6.11. The van der Waals surface area contributed by atoms with Crippen LogP contribution in [0.3, 0.4) is 0 Å². The first-order chi connectivity index (χ1) is 12.0. The highest BCUT2D eigenvalue weighted by atomic mass is 32.1. The molecule has 7 heteroatoms. The Morgan fingerprint density at radius 1 is 1.19 bits per heavy atom. The number of rotatable bonds is 3. The lowest BCUT2D eigenvalue weighted by atomic mass is 9.95. The first kappa shape index (κ1) is 20.4. The van der Waals surface area contributed by atoms with Crippen molar-refractivity contribution in [2.24, 2.45) is 11.3 Å². The number of piperidine rings is 1. The molecule has 0 aromatic carbocycles. The fraction of sp³-hybridized carbons (Fsp3) is 0.632. The second kappa shape index (κ2) is 7.78. The van der Waals surface area contributed by atoms with E-state index < -0.39 is 5.41 Å². The molecule has 2 rings (SSSR count).